The number of hydrogen-bond acceptors (Lipinski definition) is 5. The summed E-state index contributed by atoms with van der Waals surface area (Å²) in [5, 5.41) is 9.06. The standard InChI is InChI=1S/C9H11N3O2/c1-5-11-6-3-10-7(4-13)8(6)9(12-5)14-2/h13H,3-4H2,1-2H3. The number of aliphatic hydroxyl groups is 1. The number of nitrogens with zero attached hydrogens (tertiary/aromatic N) is 3. The quantitative estimate of drug-likeness (QED) is 0.722. The van der Waals surface area contributed by atoms with E-state index in [-0.39, 0.29) is 6.61 Å². The van der Waals surface area contributed by atoms with Gasteiger partial charge in [-0.05, 0) is 6.92 Å². The normalized spacial score (nSPS) is 13.8. The van der Waals surface area contributed by atoms with Crippen LogP contribution in [0.4, 0.5) is 0 Å². The Morgan fingerprint density at radius 2 is 2.21 bits per heavy atom. The molecule has 0 saturated heterocycles. The number of hydrogen-bond donors (Lipinski definition) is 1. The second-order valence-corrected chi connectivity index (χ2v) is 3.02. The maximum absolute atomic E-state index is 9.06. The molecule has 1 aromatic rings. The van der Waals surface area contributed by atoms with E-state index in [2.05, 4.69) is 15.0 Å². The molecular weight excluding hydrogens is 182 g/mol. The molecule has 0 aromatic carbocycles. The van der Waals surface area contributed by atoms with Crippen molar-refractivity contribution in [1.29, 1.82) is 0 Å². The Balaban J connectivity index is 2.57. The van der Waals surface area contributed by atoms with Crippen molar-refractivity contribution in [1.82, 2.24) is 9.97 Å². The number of aryl methyl sites for hydroxylation is 1. The Hall–Kier alpha value is -1.49. The fourth-order valence-electron chi connectivity index (χ4n) is 1.53. The lowest BCUT2D eigenvalue weighted by Gasteiger charge is -2.07. The van der Waals surface area contributed by atoms with Gasteiger partial charge in [-0.25, -0.2) is 4.98 Å². The first-order valence-electron chi connectivity index (χ1n) is 4.32. The van der Waals surface area contributed by atoms with Crippen LogP contribution in [-0.2, 0) is 6.54 Å². The minimum Gasteiger partial charge on any atom is -0.480 e. The lowest BCUT2D eigenvalue weighted by molar-refractivity contribution is 0.356. The summed E-state index contributed by atoms with van der Waals surface area (Å²) < 4.78 is 5.13. The van der Waals surface area contributed by atoms with Gasteiger partial charge in [0, 0.05) is 0 Å². The van der Waals surface area contributed by atoms with Gasteiger partial charge >= 0.3 is 0 Å². The molecule has 1 aliphatic heterocycles. The molecule has 0 atom stereocenters. The summed E-state index contributed by atoms with van der Waals surface area (Å²) >= 11 is 0. The first kappa shape index (κ1) is 9.08. The molecule has 5 nitrogen and oxygen atoms in total. The highest BCUT2D eigenvalue weighted by Crippen LogP contribution is 2.25. The molecule has 1 N–H and O–H groups in total. The van der Waals surface area contributed by atoms with E-state index in [4.69, 9.17) is 9.84 Å². The minimum absolute atomic E-state index is 0.101. The van der Waals surface area contributed by atoms with Crippen LogP contribution in [0.25, 0.3) is 0 Å². The Labute approximate surface area is 81.5 Å². The van der Waals surface area contributed by atoms with Crippen LogP contribution in [-0.4, -0.2) is 34.5 Å². The summed E-state index contributed by atoms with van der Waals surface area (Å²) in [5.74, 6) is 1.16. The number of rotatable bonds is 2. The molecule has 74 valence electrons. The Morgan fingerprint density at radius 3 is 2.86 bits per heavy atom. The molecule has 0 radical (unpaired) electrons. The van der Waals surface area contributed by atoms with Crippen LogP contribution >= 0.6 is 0 Å². The summed E-state index contributed by atoms with van der Waals surface area (Å²) in [4.78, 5) is 12.5. The van der Waals surface area contributed by atoms with Gasteiger partial charge in [-0.2, -0.15) is 4.98 Å². The van der Waals surface area contributed by atoms with Crippen molar-refractivity contribution in [2.75, 3.05) is 13.7 Å². The monoisotopic (exact) mass is 193 g/mol. The van der Waals surface area contributed by atoms with Crippen LogP contribution in [0.3, 0.4) is 0 Å². The SMILES string of the molecule is COc1nc(C)nc2c1C(CO)=NC2. The Bertz CT molecular complexity index is 401. The number of ether oxygens (including phenoxy) is 1. The average molecular weight is 193 g/mol. The highest BCUT2D eigenvalue weighted by atomic mass is 16.5. The van der Waals surface area contributed by atoms with Crippen LogP contribution in [0.15, 0.2) is 4.99 Å². The topological polar surface area (TPSA) is 67.6 Å². The summed E-state index contributed by atoms with van der Waals surface area (Å²) in [5.41, 5.74) is 2.19. The van der Waals surface area contributed by atoms with Crippen LogP contribution in [0, 0.1) is 6.92 Å². The van der Waals surface area contributed by atoms with E-state index in [9.17, 15) is 0 Å². The van der Waals surface area contributed by atoms with Gasteiger partial charge in [0.15, 0.2) is 0 Å². The second kappa shape index (κ2) is 3.34. The molecular formula is C9H11N3O2. The van der Waals surface area contributed by atoms with E-state index in [0.29, 0.717) is 24.0 Å². The van der Waals surface area contributed by atoms with Crippen molar-refractivity contribution >= 4 is 5.71 Å². The molecule has 0 spiro atoms. The van der Waals surface area contributed by atoms with Gasteiger partial charge in [0.1, 0.15) is 5.82 Å². The van der Waals surface area contributed by atoms with E-state index >= 15 is 0 Å². The van der Waals surface area contributed by atoms with Crippen LogP contribution in [0.5, 0.6) is 5.88 Å². The fourth-order valence-corrected chi connectivity index (χ4v) is 1.53. The van der Waals surface area contributed by atoms with Crippen molar-refractivity contribution in [3.8, 4) is 5.88 Å². The van der Waals surface area contributed by atoms with Crippen molar-refractivity contribution in [2.45, 2.75) is 13.5 Å². The average Bonchev–Trinajstić information content (AvgIpc) is 2.59. The number of fused-ring (bicyclic) bond motifs is 1. The van der Waals surface area contributed by atoms with Gasteiger partial charge in [0.25, 0.3) is 0 Å². The highest BCUT2D eigenvalue weighted by Gasteiger charge is 2.22. The first-order valence-corrected chi connectivity index (χ1v) is 4.32. The lowest BCUT2D eigenvalue weighted by atomic mass is 10.1. The predicted octanol–water partition coefficient (Wildman–Crippen LogP) is 0.0886. The summed E-state index contributed by atoms with van der Waals surface area (Å²) in [7, 11) is 1.55. The Morgan fingerprint density at radius 1 is 1.43 bits per heavy atom. The fraction of sp³-hybridized carbons (Fsp3) is 0.444. The molecule has 0 aliphatic carbocycles. The van der Waals surface area contributed by atoms with E-state index in [1.54, 1.807) is 14.0 Å². The highest BCUT2D eigenvalue weighted by molar-refractivity contribution is 6.05. The van der Waals surface area contributed by atoms with Crippen molar-refractivity contribution in [3.63, 3.8) is 0 Å². The summed E-state index contributed by atoms with van der Waals surface area (Å²) in [6.07, 6.45) is 0. The van der Waals surface area contributed by atoms with Gasteiger partial charge in [-0.3, -0.25) is 4.99 Å². The first-order chi connectivity index (χ1) is 6.76. The van der Waals surface area contributed by atoms with E-state index in [0.717, 1.165) is 11.3 Å². The third-order valence-electron chi connectivity index (χ3n) is 2.11. The summed E-state index contributed by atoms with van der Waals surface area (Å²) in [6, 6.07) is 0. The zero-order valence-electron chi connectivity index (χ0n) is 8.11. The van der Waals surface area contributed by atoms with Crippen molar-refractivity contribution in [3.05, 3.63) is 17.1 Å². The minimum atomic E-state index is -0.101. The number of aliphatic hydroxyl groups excluding tert-OH is 1. The maximum atomic E-state index is 9.06. The molecule has 5 heteroatoms. The van der Waals surface area contributed by atoms with E-state index in [1.807, 2.05) is 0 Å². The molecule has 0 amide bonds. The molecule has 0 bridgehead atoms. The van der Waals surface area contributed by atoms with Gasteiger partial charge in [-0.1, -0.05) is 0 Å². The van der Waals surface area contributed by atoms with Gasteiger partial charge in [0.2, 0.25) is 5.88 Å². The number of methoxy groups -OCH3 is 1. The maximum Gasteiger partial charge on any atom is 0.226 e. The van der Waals surface area contributed by atoms with Gasteiger partial charge in [0.05, 0.1) is 37.2 Å². The molecule has 1 aromatic heterocycles. The molecule has 2 rings (SSSR count). The molecule has 0 unspecified atom stereocenters. The zero-order chi connectivity index (χ0) is 10.1. The van der Waals surface area contributed by atoms with Crippen molar-refractivity contribution < 1.29 is 9.84 Å². The van der Waals surface area contributed by atoms with Gasteiger partial charge in [-0.15, -0.1) is 0 Å². The molecule has 2 heterocycles. The smallest absolute Gasteiger partial charge is 0.226 e. The number of aliphatic imine (C=N–C) groups is 1. The number of aromatic nitrogens is 2. The van der Waals surface area contributed by atoms with Crippen LogP contribution in [0.1, 0.15) is 17.1 Å². The molecule has 0 fully saturated rings. The second-order valence-electron chi connectivity index (χ2n) is 3.02. The van der Waals surface area contributed by atoms with E-state index < -0.39 is 0 Å². The lowest BCUT2D eigenvalue weighted by Crippen LogP contribution is -2.09. The van der Waals surface area contributed by atoms with Gasteiger partial charge < -0.3 is 9.84 Å². The van der Waals surface area contributed by atoms with Crippen LogP contribution in [0.2, 0.25) is 0 Å². The van der Waals surface area contributed by atoms with Crippen molar-refractivity contribution in [2.24, 2.45) is 4.99 Å². The molecule has 1 aliphatic rings. The zero-order valence-corrected chi connectivity index (χ0v) is 8.11. The third-order valence-corrected chi connectivity index (χ3v) is 2.11. The summed E-state index contributed by atoms with van der Waals surface area (Å²) in [6.45, 7) is 2.21. The Kier molecular flexibility index (Phi) is 2.17. The molecule has 14 heavy (non-hydrogen) atoms. The van der Waals surface area contributed by atoms with E-state index in [1.165, 1.54) is 0 Å². The van der Waals surface area contributed by atoms with Crippen LogP contribution < -0.4 is 4.74 Å². The largest absolute Gasteiger partial charge is 0.480 e. The third kappa shape index (κ3) is 1.26. The predicted molar refractivity (Wildman–Crippen MR) is 50.6 cm³/mol. The molecule has 0 saturated carbocycles.